The molecule has 0 fully saturated rings. The van der Waals surface area contributed by atoms with Crippen LogP contribution in [0, 0.1) is 0 Å². The molecule has 0 atom stereocenters. The fraction of sp³-hybridized carbons (Fsp3) is 0.100. The lowest BCUT2D eigenvalue weighted by Gasteiger charge is -2.05. The van der Waals surface area contributed by atoms with Gasteiger partial charge in [0, 0.05) is 17.2 Å². The number of hydrogen-bond donors (Lipinski definition) is 1. The van der Waals surface area contributed by atoms with Crippen LogP contribution in [0.1, 0.15) is 5.56 Å². The third-order valence-corrected chi connectivity index (χ3v) is 3.30. The number of rotatable bonds is 3. The highest BCUT2D eigenvalue weighted by Crippen LogP contribution is 2.23. The van der Waals surface area contributed by atoms with E-state index < -0.39 is 0 Å². The van der Waals surface area contributed by atoms with E-state index in [0.717, 1.165) is 11.0 Å². The average molecular weight is 304 g/mol. The summed E-state index contributed by atoms with van der Waals surface area (Å²) in [6.07, 6.45) is 1.72. The maximum Gasteiger partial charge on any atom is 0.145 e. The van der Waals surface area contributed by atoms with Gasteiger partial charge in [0.05, 0.1) is 5.02 Å². The predicted octanol–water partition coefficient (Wildman–Crippen LogP) is 4.17. The molecule has 2 aromatic rings. The number of hydrogen-bond acceptors (Lipinski definition) is 3. The molecule has 0 radical (unpaired) electrons. The van der Waals surface area contributed by atoms with Crippen LogP contribution >= 0.6 is 38.9 Å². The van der Waals surface area contributed by atoms with Crippen molar-refractivity contribution in [2.75, 3.05) is 5.32 Å². The van der Waals surface area contributed by atoms with E-state index in [2.05, 4.69) is 37.7 Å². The Morgan fingerprint density at radius 2 is 2.40 bits per heavy atom. The molecule has 0 aliphatic rings. The van der Waals surface area contributed by atoms with Crippen LogP contribution in [0.2, 0.25) is 5.02 Å². The molecule has 0 spiro atoms. The first kappa shape index (κ1) is 10.9. The topological polar surface area (TPSA) is 24.9 Å². The molecule has 2 heterocycles. The van der Waals surface area contributed by atoms with E-state index in [1.165, 1.54) is 5.56 Å². The third-order valence-electron chi connectivity index (χ3n) is 1.85. The van der Waals surface area contributed by atoms with Gasteiger partial charge in [-0.3, -0.25) is 0 Å². The largest absolute Gasteiger partial charge is 0.365 e. The summed E-state index contributed by atoms with van der Waals surface area (Å²) in [6, 6.07) is 3.90. The fourth-order valence-corrected chi connectivity index (χ4v) is 2.49. The molecule has 15 heavy (non-hydrogen) atoms. The van der Waals surface area contributed by atoms with Crippen LogP contribution in [0.3, 0.4) is 0 Å². The van der Waals surface area contributed by atoms with E-state index in [1.807, 2.05) is 11.4 Å². The van der Waals surface area contributed by atoms with E-state index in [0.29, 0.717) is 10.8 Å². The lowest BCUT2D eigenvalue weighted by molar-refractivity contribution is 1.12. The number of anilines is 1. The number of pyridine rings is 1. The molecule has 5 heteroatoms. The first-order valence-corrected chi connectivity index (χ1v) is 6.43. The van der Waals surface area contributed by atoms with Gasteiger partial charge in [-0.05, 0) is 44.4 Å². The van der Waals surface area contributed by atoms with Crippen molar-refractivity contribution in [2.24, 2.45) is 0 Å². The first-order chi connectivity index (χ1) is 7.25. The van der Waals surface area contributed by atoms with Crippen LogP contribution in [0.15, 0.2) is 33.6 Å². The summed E-state index contributed by atoms with van der Waals surface area (Å²) in [5.74, 6) is 0.714. The highest BCUT2D eigenvalue weighted by atomic mass is 79.9. The Balaban J connectivity index is 2.05. The van der Waals surface area contributed by atoms with Gasteiger partial charge < -0.3 is 5.32 Å². The molecule has 0 unspecified atom stereocenters. The van der Waals surface area contributed by atoms with Crippen LogP contribution in [-0.2, 0) is 6.54 Å². The molecule has 0 amide bonds. The summed E-state index contributed by atoms with van der Waals surface area (Å²) in [6.45, 7) is 0.748. The van der Waals surface area contributed by atoms with E-state index >= 15 is 0 Å². The third kappa shape index (κ3) is 2.93. The minimum absolute atomic E-state index is 0.625. The van der Waals surface area contributed by atoms with Gasteiger partial charge in [-0.1, -0.05) is 11.6 Å². The molecular weight excluding hydrogens is 296 g/mol. The van der Waals surface area contributed by atoms with Crippen molar-refractivity contribution in [3.8, 4) is 0 Å². The predicted molar refractivity (Wildman–Crippen MR) is 68.6 cm³/mol. The van der Waals surface area contributed by atoms with E-state index in [9.17, 15) is 0 Å². The summed E-state index contributed by atoms with van der Waals surface area (Å²) in [7, 11) is 0. The highest BCUT2D eigenvalue weighted by Gasteiger charge is 2.02. The monoisotopic (exact) mass is 302 g/mol. The molecule has 78 valence electrons. The summed E-state index contributed by atoms with van der Waals surface area (Å²) >= 11 is 11.0. The lowest BCUT2D eigenvalue weighted by Crippen LogP contribution is -2.00. The molecule has 2 rings (SSSR count). The van der Waals surface area contributed by atoms with Crippen molar-refractivity contribution in [1.82, 2.24) is 4.98 Å². The summed E-state index contributed by atoms with van der Waals surface area (Å²) < 4.78 is 0.883. The van der Waals surface area contributed by atoms with Gasteiger partial charge in [0.15, 0.2) is 0 Å². The normalized spacial score (nSPS) is 10.3. The molecule has 0 saturated carbocycles. The van der Waals surface area contributed by atoms with Crippen molar-refractivity contribution in [3.05, 3.63) is 44.1 Å². The molecule has 0 bridgehead atoms. The number of aromatic nitrogens is 1. The maximum atomic E-state index is 6.02. The second-order valence-electron chi connectivity index (χ2n) is 2.97. The Bertz CT molecular complexity index is 445. The standard InChI is InChI=1S/C10H8BrClN2S/c11-8-3-9(12)10(14-5-8)13-4-7-1-2-15-6-7/h1-3,5-6H,4H2,(H,13,14). The van der Waals surface area contributed by atoms with Gasteiger partial charge in [-0.15, -0.1) is 0 Å². The summed E-state index contributed by atoms with van der Waals surface area (Å²) in [5.41, 5.74) is 1.24. The maximum absolute atomic E-state index is 6.02. The zero-order valence-electron chi connectivity index (χ0n) is 7.71. The van der Waals surface area contributed by atoms with E-state index in [4.69, 9.17) is 11.6 Å². The van der Waals surface area contributed by atoms with Crippen molar-refractivity contribution in [3.63, 3.8) is 0 Å². The van der Waals surface area contributed by atoms with Crippen molar-refractivity contribution in [1.29, 1.82) is 0 Å². The second kappa shape index (κ2) is 4.96. The van der Waals surface area contributed by atoms with Crippen molar-refractivity contribution >= 4 is 44.7 Å². The van der Waals surface area contributed by atoms with E-state index in [-0.39, 0.29) is 0 Å². The number of nitrogens with zero attached hydrogens (tertiary/aromatic N) is 1. The van der Waals surface area contributed by atoms with Crippen LogP contribution in [0.5, 0.6) is 0 Å². The Morgan fingerprint density at radius 3 is 3.07 bits per heavy atom. The Kier molecular flexibility index (Phi) is 3.61. The summed E-state index contributed by atoms with van der Waals surface area (Å²) in [5, 5.41) is 7.96. The zero-order valence-corrected chi connectivity index (χ0v) is 10.9. The molecule has 0 aromatic carbocycles. The van der Waals surface area contributed by atoms with Crippen LogP contribution in [0.25, 0.3) is 0 Å². The Hall–Kier alpha value is -0.580. The molecule has 0 aliphatic heterocycles. The van der Waals surface area contributed by atoms with Gasteiger partial charge in [-0.25, -0.2) is 4.98 Å². The van der Waals surface area contributed by atoms with Crippen LogP contribution < -0.4 is 5.32 Å². The minimum atomic E-state index is 0.625. The number of thiophene rings is 1. The van der Waals surface area contributed by atoms with Gasteiger partial charge >= 0.3 is 0 Å². The Morgan fingerprint density at radius 1 is 1.53 bits per heavy atom. The Labute approximate surface area is 105 Å². The number of halogens is 2. The molecule has 0 aliphatic carbocycles. The van der Waals surface area contributed by atoms with Crippen LogP contribution in [0.4, 0.5) is 5.82 Å². The quantitative estimate of drug-likeness (QED) is 0.920. The average Bonchev–Trinajstić information content (AvgIpc) is 2.69. The molecular formula is C10H8BrClN2S. The molecule has 2 nitrogen and oxygen atoms in total. The highest BCUT2D eigenvalue weighted by molar-refractivity contribution is 9.10. The fourth-order valence-electron chi connectivity index (χ4n) is 1.12. The minimum Gasteiger partial charge on any atom is -0.365 e. The van der Waals surface area contributed by atoms with Crippen LogP contribution in [-0.4, -0.2) is 4.98 Å². The molecule has 1 N–H and O–H groups in total. The summed E-state index contributed by atoms with van der Waals surface area (Å²) in [4.78, 5) is 4.19. The van der Waals surface area contributed by atoms with Gasteiger partial charge in [0.2, 0.25) is 0 Å². The van der Waals surface area contributed by atoms with Crippen molar-refractivity contribution in [2.45, 2.75) is 6.54 Å². The van der Waals surface area contributed by atoms with E-state index in [1.54, 1.807) is 17.5 Å². The first-order valence-electron chi connectivity index (χ1n) is 4.31. The van der Waals surface area contributed by atoms with Gasteiger partial charge in [0.25, 0.3) is 0 Å². The molecule has 0 saturated heterocycles. The zero-order chi connectivity index (χ0) is 10.7. The SMILES string of the molecule is Clc1cc(Br)cnc1NCc1ccsc1. The molecule has 2 aromatic heterocycles. The lowest BCUT2D eigenvalue weighted by atomic mass is 10.3. The van der Waals surface area contributed by atoms with Crippen molar-refractivity contribution < 1.29 is 0 Å². The number of nitrogens with one attached hydrogen (secondary N) is 1. The van der Waals surface area contributed by atoms with Gasteiger partial charge in [0.1, 0.15) is 5.82 Å². The smallest absolute Gasteiger partial charge is 0.145 e. The van der Waals surface area contributed by atoms with Gasteiger partial charge in [-0.2, -0.15) is 11.3 Å². The second-order valence-corrected chi connectivity index (χ2v) is 5.07.